The van der Waals surface area contributed by atoms with Gasteiger partial charge in [0.2, 0.25) is 11.8 Å². The molecule has 2 aromatic rings. The standard InChI is InChI=1S/C23H28N4O4/c1-15(2)25-21(28)16-7-10-26(11-8-16)22(29)18-14-27(23(30)19-6-4-12-31-19)13-17-5-3-9-24-20(17)18/h3-6,9,12,15-16,18H,7-8,10-11,13-14H2,1-2H3,(H,25,28). The lowest BCUT2D eigenvalue weighted by molar-refractivity contribution is -0.137. The van der Waals surface area contributed by atoms with Gasteiger partial charge in [0.1, 0.15) is 0 Å². The largest absolute Gasteiger partial charge is 0.459 e. The van der Waals surface area contributed by atoms with Gasteiger partial charge in [-0.25, -0.2) is 0 Å². The summed E-state index contributed by atoms with van der Waals surface area (Å²) in [6, 6.07) is 7.14. The van der Waals surface area contributed by atoms with Crippen molar-refractivity contribution in [3.05, 3.63) is 53.7 Å². The number of carbonyl (C=O) groups is 3. The van der Waals surface area contributed by atoms with Crippen LogP contribution in [0.2, 0.25) is 0 Å². The average molecular weight is 425 g/mol. The van der Waals surface area contributed by atoms with E-state index in [9.17, 15) is 14.4 Å². The molecule has 0 aromatic carbocycles. The summed E-state index contributed by atoms with van der Waals surface area (Å²) in [5.74, 6) is -0.552. The van der Waals surface area contributed by atoms with Crippen molar-refractivity contribution >= 4 is 17.7 Å². The number of furan rings is 1. The Morgan fingerprint density at radius 2 is 1.90 bits per heavy atom. The third-order valence-electron chi connectivity index (χ3n) is 5.95. The molecule has 2 aromatic heterocycles. The summed E-state index contributed by atoms with van der Waals surface area (Å²) in [4.78, 5) is 46.5. The van der Waals surface area contributed by atoms with Gasteiger partial charge in [0, 0.05) is 44.3 Å². The Balaban J connectivity index is 1.48. The minimum absolute atomic E-state index is 0.0420. The second-order valence-corrected chi connectivity index (χ2v) is 8.53. The van der Waals surface area contributed by atoms with Crippen LogP contribution >= 0.6 is 0 Å². The molecule has 8 nitrogen and oxygen atoms in total. The Bertz CT molecular complexity index is 948. The highest BCUT2D eigenvalue weighted by molar-refractivity contribution is 5.93. The van der Waals surface area contributed by atoms with Crippen molar-refractivity contribution in [2.45, 2.75) is 45.2 Å². The number of carbonyl (C=O) groups excluding carboxylic acids is 3. The lowest BCUT2D eigenvalue weighted by Gasteiger charge is -2.37. The molecule has 0 spiro atoms. The van der Waals surface area contributed by atoms with Crippen molar-refractivity contribution in [1.82, 2.24) is 20.1 Å². The fourth-order valence-corrected chi connectivity index (χ4v) is 4.37. The van der Waals surface area contributed by atoms with Crippen LogP contribution in [0.3, 0.4) is 0 Å². The number of rotatable bonds is 4. The molecule has 1 unspecified atom stereocenters. The molecule has 1 saturated heterocycles. The van der Waals surface area contributed by atoms with Crippen molar-refractivity contribution in [1.29, 1.82) is 0 Å². The quantitative estimate of drug-likeness (QED) is 0.812. The Kier molecular flexibility index (Phi) is 6.06. The van der Waals surface area contributed by atoms with Crippen LogP contribution in [0.25, 0.3) is 0 Å². The molecule has 1 fully saturated rings. The number of hydrogen-bond acceptors (Lipinski definition) is 5. The van der Waals surface area contributed by atoms with Gasteiger partial charge in [-0.05, 0) is 50.5 Å². The van der Waals surface area contributed by atoms with Gasteiger partial charge in [-0.2, -0.15) is 0 Å². The molecule has 4 rings (SSSR count). The van der Waals surface area contributed by atoms with Gasteiger partial charge in [0.25, 0.3) is 5.91 Å². The molecular weight excluding hydrogens is 396 g/mol. The van der Waals surface area contributed by atoms with Crippen LogP contribution < -0.4 is 5.32 Å². The molecule has 0 bridgehead atoms. The molecule has 8 heteroatoms. The number of aromatic nitrogens is 1. The molecule has 2 aliphatic heterocycles. The summed E-state index contributed by atoms with van der Waals surface area (Å²) < 4.78 is 5.27. The second-order valence-electron chi connectivity index (χ2n) is 8.53. The summed E-state index contributed by atoms with van der Waals surface area (Å²) >= 11 is 0. The summed E-state index contributed by atoms with van der Waals surface area (Å²) in [5, 5.41) is 2.96. The first-order valence-electron chi connectivity index (χ1n) is 10.8. The Labute approximate surface area is 181 Å². The van der Waals surface area contributed by atoms with Crippen molar-refractivity contribution in [3.8, 4) is 0 Å². The topological polar surface area (TPSA) is 95.8 Å². The third kappa shape index (κ3) is 4.47. The van der Waals surface area contributed by atoms with E-state index >= 15 is 0 Å². The van der Waals surface area contributed by atoms with Crippen LogP contribution in [0, 0.1) is 5.92 Å². The highest BCUT2D eigenvalue weighted by Gasteiger charge is 2.38. The Morgan fingerprint density at radius 3 is 2.58 bits per heavy atom. The van der Waals surface area contributed by atoms with Crippen molar-refractivity contribution < 1.29 is 18.8 Å². The van der Waals surface area contributed by atoms with Crippen LogP contribution in [-0.2, 0) is 16.1 Å². The Hall–Kier alpha value is -3.16. The van der Waals surface area contributed by atoms with Crippen LogP contribution in [-0.4, -0.2) is 58.2 Å². The maximum absolute atomic E-state index is 13.4. The predicted octanol–water partition coefficient (Wildman–Crippen LogP) is 2.18. The van der Waals surface area contributed by atoms with E-state index in [1.165, 1.54) is 6.26 Å². The van der Waals surface area contributed by atoms with Gasteiger partial charge in [0.15, 0.2) is 5.76 Å². The molecule has 31 heavy (non-hydrogen) atoms. The average Bonchev–Trinajstić information content (AvgIpc) is 3.32. The van der Waals surface area contributed by atoms with Gasteiger partial charge < -0.3 is 19.5 Å². The summed E-state index contributed by atoms with van der Waals surface area (Å²) in [5.41, 5.74) is 1.61. The first kappa shape index (κ1) is 21.1. The molecule has 2 aliphatic rings. The number of likely N-dealkylation sites (tertiary alicyclic amines) is 1. The number of hydrogen-bond donors (Lipinski definition) is 1. The SMILES string of the molecule is CC(C)NC(=O)C1CCN(C(=O)C2CN(C(=O)c3ccco3)Cc3cccnc32)CC1. The van der Waals surface area contributed by atoms with Crippen LogP contribution in [0.1, 0.15) is 54.4 Å². The number of nitrogens with zero attached hydrogens (tertiary/aromatic N) is 3. The molecule has 1 atom stereocenters. The third-order valence-corrected chi connectivity index (χ3v) is 5.95. The second kappa shape index (κ2) is 8.91. The van der Waals surface area contributed by atoms with Crippen LogP contribution in [0.4, 0.5) is 0 Å². The van der Waals surface area contributed by atoms with Gasteiger partial charge in [-0.1, -0.05) is 6.07 Å². The number of fused-ring (bicyclic) bond motifs is 1. The van der Waals surface area contributed by atoms with Crippen molar-refractivity contribution in [3.63, 3.8) is 0 Å². The van der Waals surface area contributed by atoms with Gasteiger partial charge >= 0.3 is 0 Å². The van der Waals surface area contributed by atoms with Crippen molar-refractivity contribution in [2.24, 2.45) is 5.92 Å². The van der Waals surface area contributed by atoms with Crippen molar-refractivity contribution in [2.75, 3.05) is 19.6 Å². The highest BCUT2D eigenvalue weighted by atomic mass is 16.3. The molecule has 3 amide bonds. The van der Waals surface area contributed by atoms with Gasteiger partial charge in [-0.15, -0.1) is 0 Å². The van der Waals surface area contributed by atoms with Crippen LogP contribution in [0.5, 0.6) is 0 Å². The molecule has 0 radical (unpaired) electrons. The molecule has 4 heterocycles. The lowest BCUT2D eigenvalue weighted by atomic mass is 9.90. The van der Waals surface area contributed by atoms with E-state index in [1.807, 2.05) is 30.9 Å². The lowest BCUT2D eigenvalue weighted by Crippen LogP contribution is -2.49. The molecule has 0 aliphatic carbocycles. The van der Waals surface area contributed by atoms with Crippen LogP contribution in [0.15, 0.2) is 41.1 Å². The maximum Gasteiger partial charge on any atom is 0.289 e. The minimum Gasteiger partial charge on any atom is -0.459 e. The zero-order valence-electron chi connectivity index (χ0n) is 17.9. The van der Waals surface area contributed by atoms with Gasteiger partial charge in [-0.3, -0.25) is 19.4 Å². The summed E-state index contributed by atoms with van der Waals surface area (Å²) in [7, 11) is 0. The molecule has 164 valence electrons. The Morgan fingerprint density at radius 1 is 1.13 bits per heavy atom. The monoisotopic (exact) mass is 424 g/mol. The number of pyridine rings is 1. The molecular formula is C23H28N4O4. The van der Waals surface area contributed by atoms with E-state index in [0.717, 1.165) is 11.3 Å². The first-order valence-corrected chi connectivity index (χ1v) is 10.8. The predicted molar refractivity (Wildman–Crippen MR) is 113 cm³/mol. The number of amides is 3. The molecule has 0 saturated carbocycles. The smallest absolute Gasteiger partial charge is 0.289 e. The maximum atomic E-state index is 13.4. The summed E-state index contributed by atoms with van der Waals surface area (Å²) in [6.45, 7) is 5.60. The van der Waals surface area contributed by atoms with E-state index < -0.39 is 5.92 Å². The van der Waals surface area contributed by atoms with E-state index in [4.69, 9.17) is 4.42 Å². The van der Waals surface area contributed by atoms with E-state index in [-0.39, 0.29) is 42.0 Å². The highest BCUT2D eigenvalue weighted by Crippen LogP contribution is 2.30. The van der Waals surface area contributed by atoms with E-state index in [0.29, 0.717) is 32.5 Å². The van der Waals surface area contributed by atoms with E-state index in [1.54, 1.807) is 23.2 Å². The fraction of sp³-hybridized carbons (Fsp3) is 0.478. The van der Waals surface area contributed by atoms with E-state index in [2.05, 4.69) is 10.3 Å². The normalized spacial score (nSPS) is 19.3. The minimum atomic E-state index is -0.523. The number of nitrogens with one attached hydrogen (secondary N) is 1. The molecule has 1 N–H and O–H groups in total. The number of piperidine rings is 1. The zero-order valence-corrected chi connectivity index (χ0v) is 17.9. The zero-order chi connectivity index (χ0) is 22.0. The summed E-state index contributed by atoms with van der Waals surface area (Å²) in [6.07, 6.45) is 4.43. The fourth-order valence-electron chi connectivity index (χ4n) is 4.37. The first-order chi connectivity index (χ1) is 14.9. The van der Waals surface area contributed by atoms with Gasteiger partial charge in [0.05, 0.1) is 17.9 Å².